The Morgan fingerprint density at radius 3 is 2.41 bits per heavy atom. The summed E-state index contributed by atoms with van der Waals surface area (Å²) < 4.78 is 6.52. The maximum atomic E-state index is 5.40. The number of allylic oxidation sites excluding steroid dienone is 1. The zero-order chi connectivity index (χ0) is 23.1. The highest BCUT2D eigenvalue weighted by atomic mass is 79.9. The standard InChI is InChI=1S/C31H26BrNO/c1-34-25-16-11-21(12-17-25)20-33-29-10-6-5-9-26(29)30(23-7-3-2-4-8-23)27-18-14-22-13-15-24(32)19-28(22)31(27)33/h2-13,15-17,19,30H,14,18,20H2,1H3/t30-/m1/s1. The average molecular weight is 508 g/mol. The van der Waals surface area contributed by atoms with Gasteiger partial charge in [0.25, 0.3) is 0 Å². The summed E-state index contributed by atoms with van der Waals surface area (Å²) in [5.41, 5.74) is 11.0. The molecule has 4 aromatic carbocycles. The molecular weight excluding hydrogens is 482 g/mol. The monoisotopic (exact) mass is 507 g/mol. The maximum Gasteiger partial charge on any atom is 0.118 e. The predicted octanol–water partition coefficient (Wildman–Crippen LogP) is 7.97. The quantitative estimate of drug-likeness (QED) is 0.277. The van der Waals surface area contributed by atoms with Gasteiger partial charge in [0.2, 0.25) is 0 Å². The molecule has 0 saturated carbocycles. The number of hydrogen-bond donors (Lipinski definition) is 0. The zero-order valence-electron chi connectivity index (χ0n) is 19.2. The summed E-state index contributed by atoms with van der Waals surface area (Å²) in [4.78, 5) is 2.54. The highest BCUT2D eigenvalue weighted by Crippen LogP contribution is 2.52. The smallest absolute Gasteiger partial charge is 0.118 e. The number of rotatable bonds is 4. The van der Waals surface area contributed by atoms with E-state index in [0.29, 0.717) is 0 Å². The van der Waals surface area contributed by atoms with Crippen molar-refractivity contribution in [3.05, 3.63) is 135 Å². The lowest BCUT2D eigenvalue weighted by Crippen LogP contribution is -2.32. The Kier molecular flexibility index (Phi) is 5.50. The van der Waals surface area contributed by atoms with Crippen LogP contribution in [0.15, 0.2) is 107 Å². The van der Waals surface area contributed by atoms with E-state index in [1.165, 1.54) is 44.8 Å². The molecule has 0 unspecified atom stereocenters. The molecule has 0 radical (unpaired) electrons. The molecule has 0 fully saturated rings. The van der Waals surface area contributed by atoms with Crippen molar-refractivity contribution in [1.82, 2.24) is 0 Å². The molecular formula is C31H26BrNO. The van der Waals surface area contributed by atoms with Crippen LogP contribution in [-0.2, 0) is 13.0 Å². The van der Waals surface area contributed by atoms with Crippen molar-refractivity contribution in [2.24, 2.45) is 0 Å². The third kappa shape index (κ3) is 3.65. The molecule has 3 heteroatoms. The summed E-state index contributed by atoms with van der Waals surface area (Å²) in [6.07, 6.45) is 2.14. The first kappa shape index (κ1) is 21.2. The Hall–Kier alpha value is -3.30. The molecule has 1 aliphatic carbocycles. The number of fused-ring (bicyclic) bond motifs is 3. The second-order valence-corrected chi connectivity index (χ2v) is 9.93. The van der Waals surface area contributed by atoms with E-state index in [1.54, 1.807) is 7.11 Å². The van der Waals surface area contributed by atoms with Gasteiger partial charge < -0.3 is 9.64 Å². The molecule has 0 N–H and O–H groups in total. The normalized spacial score (nSPS) is 16.5. The Bertz CT molecular complexity index is 1370. The number of methoxy groups -OCH3 is 1. The predicted molar refractivity (Wildman–Crippen MR) is 143 cm³/mol. The van der Waals surface area contributed by atoms with E-state index in [0.717, 1.165) is 29.6 Å². The van der Waals surface area contributed by atoms with Crippen LogP contribution in [0.2, 0.25) is 0 Å². The highest BCUT2D eigenvalue weighted by molar-refractivity contribution is 9.10. The minimum Gasteiger partial charge on any atom is -0.497 e. The van der Waals surface area contributed by atoms with Crippen LogP contribution in [0, 0.1) is 0 Å². The van der Waals surface area contributed by atoms with Gasteiger partial charge in [-0.1, -0.05) is 82.7 Å². The summed E-state index contributed by atoms with van der Waals surface area (Å²) in [5.74, 6) is 1.16. The summed E-state index contributed by atoms with van der Waals surface area (Å²) in [7, 11) is 1.72. The van der Waals surface area contributed by atoms with Gasteiger partial charge in [0.15, 0.2) is 0 Å². The molecule has 1 aliphatic heterocycles. The van der Waals surface area contributed by atoms with Crippen molar-refractivity contribution in [2.75, 3.05) is 12.0 Å². The molecule has 1 atom stereocenters. The summed E-state index contributed by atoms with van der Waals surface area (Å²) >= 11 is 3.75. The van der Waals surface area contributed by atoms with Crippen molar-refractivity contribution in [3.63, 3.8) is 0 Å². The minimum absolute atomic E-state index is 0.270. The summed E-state index contributed by atoms with van der Waals surface area (Å²) in [6.45, 7) is 0.813. The number of aryl methyl sites for hydroxylation is 1. The highest BCUT2D eigenvalue weighted by Gasteiger charge is 2.36. The second kappa shape index (κ2) is 8.81. The Morgan fingerprint density at radius 1 is 0.853 bits per heavy atom. The Labute approximate surface area is 209 Å². The average Bonchev–Trinajstić information content (AvgIpc) is 2.89. The first-order chi connectivity index (χ1) is 16.7. The van der Waals surface area contributed by atoms with Crippen LogP contribution in [0.25, 0.3) is 5.70 Å². The lowest BCUT2D eigenvalue weighted by atomic mass is 9.73. The molecule has 6 rings (SSSR count). The molecule has 0 aromatic heterocycles. The molecule has 1 heterocycles. The number of para-hydroxylation sites is 1. The maximum absolute atomic E-state index is 5.40. The number of nitrogens with zero attached hydrogens (tertiary/aromatic N) is 1. The molecule has 168 valence electrons. The SMILES string of the molecule is COc1ccc(CN2C3=C(CCc4ccc(Br)cc43)[C@H](c3ccccc3)c3ccccc32)cc1. The van der Waals surface area contributed by atoms with Crippen LogP contribution < -0.4 is 9.64 Å². The van der Waals surface area contributed by atoms with E-state index in [1.807, 2.05) is 0 Å². The number of anilines is 1. The van der Waals surface area contributed by atoms with Crippen LogP contribution in [0.3, 0.4) is 0 Å². The largest absolute Gasteiger partial charge is 0.497 e. The van der Waals surface area contributed by atoms with Crippen LogP contribution in [-0.4, -0.2) is 7.11 Å². The third-order valence-electron chi connectivity index (χ3n) is 7.08. The van der Waals surface area contributed by atoms with Crippen LogP contribution in [0.1, 0.15) is 40.2 Å². The van der Waals surface area contributed by atoms with Gasteiger partial charge in [-0.2, -0.15) is 0 Å². The first-order valence-electron chi connectivity index (χ1n) is 11.8. The van der Waals surface area contributed by atoms with Crippen LogP contribution in [0.5, 0.6) is 5.75 Å². The van der Waals surface area contributed by atoms with E-state index in [2.05, 4.69) is 118 Å². The minimum atomic E-state index is 0.270. The van der Waals surface area contributed by atoms with Crippen LogP contribution >= 0.6 is 15.9 Å². The first-order valence-corrected chi connectivity index (χ1v) is 12.6. The van der Waals surface area contributed by atoms with Gasteiger partial charge in [-0.05, 0) is 71.0 Å². The van der Waals surface area contributed by atoms with Crippen molar-refractivity contribution in [3.8, 4) is 5.75 Å². The second-order valence-electron chi connectivity index (χ2n) is 9.01. The molecule has 0 saturated heterocycles. The third-order valence-corrected chi connectivity index (χ3v) is 7.58. The van der Waals surface area contributed by atoms with E-state index >= 15 is 0 Å². The van der Waals surface area contributed by atoms with Gasteiger partial charge in [0, 0.05) is 33.9 Å². The van der Waals surface area contributed by atoms with Gasteiger partial charge in [-0.3, -0.25) is 0 Å². The van der Waals surface area contributed by atoms with Crippen molar-refractivity contribution in [1.29, 1.82) is 0 Å². The molecule has 34 heavy (non-hydrogen) atoms. The van der Waals surface area contributed by atoms with Crippen molar-refractivity contribution in [2.45, 2.75) is 25.3 Å². The van der Waals surface area contributed by atoms with Gasteiger partial charge in [0.05, 0.1) is 7.11 Å². The zero-order valence-corrected chi connectivity index (χ0v) is 20.8. The van der Waals surface area contributed by atoms with Gasteiger partial charge in [-0.25, -0.2) is 0 Å². The molecule has 0 bridgehead atoms. The number of halogens is 1. The fourth-order valence-electron chi connectivity index (χ4n) is 5.54. The summed E-state index contributed by atoms with van der Waals surface area (Å²) in [5, 5.41) is 0. The molecule has 2 nitrogen and oxygen atoms in total. The van der Waals surface area contributed by atoms with Crippen LogP contribution in [0.4, 0.5) is 5.69 Å². The number of ether oxygens (including phenoxy) is 1. The topological polar surface area (TPSA) is 12.5 Å². The molecule has 4 aromatic rings. The number of benzene rings is 4. The molecule has 0 spiro atoms. The van der Waals surface area contributed by atoms with E-state index < -0.39 is 0 Å². The Morgan fingerprint density at radius 2 is 1.62 bits per heavy atom. The molecule has 2 aliphatic rings. The summed E-state index contributed by atoms with van der Waals surface area (Å²) in [6, 6.07) is 35.2. The van der Waals surface area contributed by atoms with E-state index in [9.17, 15) is 0 Å². The van der Waals surface area contributed by atoms with Crippen molar-refractivity contribution < 1.29 is 4.74 Å². The fraction of sp³-hybridized carbons (Fsp3) is 0.161. The van der Waals surface area contributed by atoms with E-state index in [-0.39, 0.29) is 5.92 Å². The van der Waals surface area contributed by atoms with Gasteiger partial charge in [-0.15, -0.1) is 0 Å². The van der Waals surface area contributed by atoms with Gasteiger partial charge in [0.1, 0.15) is 5.75 Å². The van der Waals surface area contributed by atoms with Gasteiger partial charge >= 0.3 is 0 Å². The lowest BCUT2D eigenvalue weighted by molar-refractivity contribution is 0.414. The Balaban J connectivity index is 1.58. The lowest BCUT2D eigenvalue weighted by Gasteiger charge is -2.43. The van der Waals surface area contributed by atoms with E-state index in [4.69, 9.17) is 4.74 Å². The van der Waals surface area contributed by atoms with Crippen molar-refractivity contribution >= 4 is 27.3 Å². The fourth-order valence-corrected chi connectivity index (χ4v) is 5.90. The molecule has 0 amide bonds. The number of hydrogen-bond acceptors (Lipinski definition) is 2.